The lowest BCUT2D eigenvalue weighted by Gasteiger charge is -2.35. The van der Waals surface area contributed by atoms with Crippen LogP contribution in [0.2, 0.25) is 5.02 Å². The molecule has 30 heavy (non-hydrogen) atoms. The fourth-order valence-electron chi connectivity index (χ4n) is 4.19. The van der Waals surface area contributed by atoms with E-state index in [4.69, 9.17) is 20.8 Å². The number of rotatable bonds is 6. The fourth-order valence-corrected chi connectivity index (χ4v) is 4.37. The second-order valence-electron chi connectivity index (χ2n) is 7.79. The molecule has 1 amide bonds. The van der Waals surface area contributed by atoms with Crippen LogP contribution in [0.15, 0.2) is 46.9 Å². The van der Waals surface area contributed by atoms with E-state index in [1.54, 1.807) is 19.2 Å². The third-order valence-electron chi connectivity index (χ3n) is 5.89. The number of likely N-dealkylation sites (tertiary alicyclic amines) is 1. The summed E-state index contributed by atoms with van der Waals surface area (Å²) in [7, 11) is 1.67. The number of benzene rings is 2. The topological polar surface area (TPSA) is 54.7 Å². The Balaban J connectivity index is 1.54. The highest BCUT2D eigenvalue weighted by molar-refractivity contribution is 6.31. The Hall–Kier alpha value is -2.50. The largest absolute Gasteiger partial charge is 0.497 e. The van der Waals surface area contributed by atoms with E-state index in [0.29, 0.717) is 22.9 Å². The summed E-state index contributed by atoms with van der Waals surface area (Å²) >= 11 is 6.10. The number of amides is 1. The van der Waals surface area contributed by atoms with Gasteiger partial charge in [0.15, 0.2) is 5.76 Å². The highest BCUT2D eigenvalue weighted by atomic mass is 35.5. The SMILES string of the molecule is COc1ccc([C@H](CNC(=O)c2oc3ccc(Cl)cc3c2C)N2CCCCC2)cc1. The molecule has 1 N–H and O–H groups in total. The number of furan rings is 1. The van der Waals surface area contributed by atoms with Crippen molar-refractivity contribution in [3.05, 3.63) is 64.4 Å². The number of carbonyl (C=O) groups excluding carboxylic acids is 1. The number of aryl methyl sites for hydroxylation is 1. The van der Waals surface area contributed by atoms with Crippen LogP contribution in [0.1, 0.15) is 47.0 Å². The van der Waals surface area contributed by atoms with Gasteiger partial charge in [-0.25, -0.2) is 0 Å². The standard InChI is InChI=1S/C24H27ClN2O3/c1-16-20-14-18(25)8-11-22(20)30-23(16)24(28)26-15-21(27-12-4-3-5-13-27)17-6-9-19(29-2)10-7-17/h6-11,14,21H,3-5,12-13,15H2,1-2H3,(H,26,28)/t21-/m0/s1. The molecule has 1 atom stereocenters. The molecule has 0 unspecified atom stereocenters. The van der Waals surface area contributed by atoms with Gasteiger partial charge in [0.2, 0.25) is 0 Å². The van der Waals surface area contributed by atoms with Crippen LogP contribution >= 0.6 is 11.6 Å². The Bertz CT molecular complexity index is 1020. The number of nitrogens with zero attached hydrogens (tertiary/aromatic N) is 1. The first-order valence-corrected chi connectivity index (χ1v) is 10.8. The van der Waals surface area contributed by atoms with Gasteiger partial charge in [0.25, 0.3) is 5.91 Å². The number of ether oxygens (including phenoxy) is 1. The zero-order valence-corrected chi connectivity index (χ0v) is 18.2. The fraction of sp³-hybridized carbons (Fsp3) is 0.375. The molecule has 158 valence electrons. The molecule has 4 rings (SSSR count). The predicted octanol–water partition coefficient (Wildman–Crippen LogP) is 5.36. The van der Waals surface area contributed by atoms with E-state index in [-0.39, 0.29) is 11.9 Å². The van der Waals surface area contributed by atoms with Gasteiger partial charge in [-0.2, -0.15) is 0 Å². The summed E-state index contributed by atoms with van der Waals surface area (Å²) in [6.45, 7) is 4.48. The van der Waals surface area contributed by atoms with Crippen molar-refractivity contribution >= 4 is 28.5 Å². The summed E-state index contributed by atoms with van der Waals surface area (Å²) in [6.07, 6.45) is 3.63. The molecule has 5 nitrogen and oxygen atoms in total. The van der Waals surface area contributed by atoms with Gasteiger partial charge in [-0.05, 0) is 68.8 Å². The number of hydrogen-bond donors (Lipinski definition) is 1. The molecule has 0 bridgehead atoms. The third-order valence-corrected chi connectivity index (χ3v) is 6.13. The van der Waals surface area contributed by atoms with Crippen LogP contribution in [-0.2, 0) is 0 Å². The Morgan fingerprint density at radius 1 is 1.17 bits per heavy atom. The molecule has 1 aromatic heterocycles. The monoisotopic (exact) mass is 426 g/mol. The number of fused-ring (bicyclic) bond motifs is 1. The van der Waals surface area contributed by atoms with Gasteiger partial charge in [0.1, 0.15) is 11.3 Å². The first-order chi connectivity index (χ1) is 14.6. The molecule has 6 heteroatoms. The number of hydrogen-bond acceptors (Lipinski definition) is 4. The average molecular weight is 427 g/mol. The number of carbonyl (C=O) groups is 1. The number of halogens is 1. The lowest BCUT2D eigenvalue weighted by atomic mass is 10.0. The molecule has 1 aliphatic rings. The van der Waals surface area contributed by atoms with E-state index in [9.17, 15) is 4.79 Å². The number of nitrogens with one attached hydrogen (secondary N) is 1. The molecular weight excluding hydrogens is 400 g/mol. The molecule has 0 spiro atoms. The maximum atomic E-state index is 13.0. The Morgan fingerprint density at radius 2 is 1.90 bits per heavy atom. The molecule has 0 aliphatic carbocycles. The van der Waals surface area contributed by atoms with Gasteiger partial charge in [0.05, 0.1) is 13.2 Å². The van der Waals surface area contributed by atoms with Crippen molar-refractivity contribution in [2.45, 2.75) is 32.2 Å². The summed E-state index contributed by atoms with van der Waals surface area (Å²) in [4.78, 5) is 15.4. The highest BCUT2D eigenvalue weighted by Crippen LogP contribution is 2.29. The van der Waals surface area contributed by atoms with Crippen molar-refractivity contribution in [3.8, 4) is 5.75 Å². The predicted molar refractivity (Wildman–Crippen MR) is 119 cm³/mol. The van der Waals surface area contributed by atoms with Gasteiger partial charge in [-0.15, -0.1) is 0 Å². The van der Waals surface area contributed by atoms with E-state index in [1.165, 1.54) is 24.8 Å². The second kappa shape index (κ2) is 9.11. The van der Waals surface area contributed by atoms with Crippen molar-refractivity contribution in [2.75, 3.05) is 26.7 Å². The maximum Gasteiger partial charge on any atom is 0.287 e. The zero-order chi connectivity index (χ0) is 21.1. The average Bonchev–Trinajstić information content (AvgIpc) is 3.11. The Labute approximate surface area is 181 Å². The molecule has 0 radical (unpaired) electrons. The maximum absolute atomic E-state index is 13.0. The van der Waals surface area contributed by atoms with Gasteiger partial charge < -0.3 is 14.5 Å². The van der Waals surface area contributed by atoms with Crippen LogP contribution in [0.25, 0.3) is 11.0 Å². The molecule has 3 aromatic rings. The van der Waals surface area contributed by atoms with Crippen molar-refractivity contribution in [2.24, 2.45) is 0 Å². The minimum absolute atomic E-state index is 0.110. The van der Waals surface area contributed by atoms with E-state index >= 15 is 0 Å². The summed E-state index contributed by atoms with van der Waals surface area (Å²) in [5.41, 5.74) is 2.65. The summed E-state index contributed by atoms with van der Waals surface area (Å²) in [6, 6.07) is 13.6. The van der Waals surface area contributed by atoms with Crippen LogP contribution < -0.4 is 10.1 Å². The minimum atomic E-state index is -0.199. The molecular formula is C24H27ClN2O3. The lowest BCUT2D eigenvalue weighted by molar-refractivity contribution is 0.0898. The molecule has 1 aliphatic heterocycles. The van der Waals surface area contributed by atoms with Crippen LogP contribution in [0, 0.1) is 6.92 Å². The molecule has 2 heterocycles. The van der Waals surface area contributed by atoms with E-state index in [0.717, 1.165) is 29.8 Å². The minimum Gasteiger partial charge on any atom is -0.497 e. The van der Waals surface area contributed by atoms with E-state index in [2.05, 4.69) is 22.3 Å². The Morgan fingerprint density at radius 3 is 2.60 bits per heavy atom. The van der Waals surface area contributed by atoms with E-state index < -0.39 is 0 Å². The number of methoxy groups -OCH3 is 1. The van der Waals surface area contributed by atoms with Crippen molar-refractivity contribution in [1.29, 1.82) is 0 Å². The van der Waals surface area contributed by atoms with Crippen LogP contribution in [0.4, 0.5) is 0 Å². The van der Waals surface area contributed by atoms with Crippen LogP contribution in [0.3, 0.4) is 0 Å². The normalized spacial score (nSPS) is 15.8. The van der Waals surface area contributed by atoms with Gasteiger partial charge in [-0.1, -0.05) is 30.2 Å². The summed E-state index contributed by atoms with van der Waals surface area (Å²) in [5.74, 6) is 0.978. The third kappa shape index (κ3) is 4.32. The van der Waals surface area contributed by atoms with Crippen molar-refractivity contribution < 1.29 is 13.9 Å². The van der Waals surface area contributed by atoms with Crippen molar-refractivity contribution in [1.82, 2.24) is 10.2 Å². The van der Waals surface area contributed by atoms with E-state index in [1.807, 2.05) is 25.1 Å². The lowest BCUT2D eigenvalue weighted by Crippen LogP contribution is -2.40. The summed E-state index contributed by atoms with van der Waals surface area (Å²) < 4.78 is 11.1. The highest BCUT2D eigenvalue weighted by Gasteiger charge is 2.25. The molecule has 1 fully saturated rings. The van der Waals surface area contributed by atoms with Crippen LogP contribution in [0.5, 0.6) is 5.75 Å². The Kier molecular flexibility index (Phi) is 6.30. The second-order valence-corrected chi connectivity index (χ2v) is 8.23. The molecule has 0 saturated carbocycles. The summed E-state index contributed by atoms with van der Waals surface area (Å²) in [5, 5.41) is 4.60. The molecule has 2 aromatic carbocycles. The van der Waals surface area contributed by atoms with Gasteiger partial charge >= 0.3 is 0 Å². The first-order valence-electron chi connectivity index (χ1n) is 10.4. The smallest absolute Gasteiger partial charge is 0.287 e. The van der Waals surface area contributed by atoms with Crippen molar-refractivity contribution in [3.63, 3.8) is 0 Å². The quantitative estimate of drug-likeness (QED) is 0.576. The first kappa shape index (κ1) is 20.8. The zero-order valence-electron chi connectivity index (χ0n) is 17.4. The molecule has 1 saturated heterocycles. The van der Waals surface area contributed by atoms with Crippen LogP contribution in [-0.4, -0.2) is 37.6 Å². The van der Waals surface area contributed by atoms with Gasteiger partial charge in [0, 0.05) is 22.5 Å². The van der Waals surface area contributed by atoms with Gasteiger partial charge in [-0.3, -0.25) is 9.69 Å². The number of piperidine rings is 1.